The summed E-state index contributed by atoms with van der Waals surface area (Å²) in [6.07, 6.45) is 3.60. The number of carbonyl (C=O) groups excluding carboxylic acids is 1. The van der Waals surface area contributed by atoms with Crippen LogP contribution in [0.5, 0.6) is 0 Å². The lowest BCUT2D eigenvalue weighted by molar-refractivity contribution is -0.146. The summed E-state index contributed by atoms with van der Waals surface area (Å²) in [6.45, 7) is 4.15. The van der Waals surface area contributed by atoms with E-state index < -0.39 is 5.41 Å². The van der Waals surface area contributed by atoms with Gasteiger partial charge in [-0.3, -0.25) is 4.79 Å². The Morgan fingerprint density at radius 1 is 0.974 bits per heavy atom. The number of aromatic nitrogens is 1. The molecule has 4 aromatic rings. The first-order valence-corrected chi connectivity index (χ1v) is 13.1. The van der Waals surface area contributed by atoms with Crippen LogP contribution in [-0.2, 0) is 27.8 Å². The van der Waals surface area contributed by atoms with Crippen molar-refractivity contribution < 1.29 is 19.3 Å². The molecule has 6 heteroatoms. The number of carbonyl (C=O) groups is 1. The second-order valence-corrected chi connectivity index (χ2v) is 9.86. The van der Waals surface area contributed by atoms with Gasteiger partial charge in [-0.15, -0.1) is 0 Å². The third kappa shape index (κ3) is 5.25. The minimum atomic E-state index is -0.462. The van der Waals surface area contributed by atoms with E-state index in [4.69, 9.17) is 9.26 Å². The van der Waals surface area contributed by atoms with Gasteiger partial charge in [0, 0.05) is 17.5 Å². The lowest BCUT2D eigenvalue weighted by Crippen LogP contribution is -2.23. The van der Waals surface area contributed by atoms with Crippen LogP contribution in [0.4, 0.5) is 0 Å². The molecule has 0 unspecified atom stereocenters. The van der Waals surface area contributed by atoms with E-state index in [1.165, 1.54) is 5.56 Å². The van der Waals surface area contributed by atoms with Crippen LogP contribution in [0, 0.1) is 6.92 Å². The highest BCUT2D eigenvalue weighted by atomic mass is 16.5. The van der Waals surface area contributed by atoms with Crippen molar-refractivity contribution in [1.82, 2.24) is 5.16 Å². The van der Waals surface area contributed by atoms with E-state index >= 15 is 0 Å². The van der Waals surface area contributed by atoms with Gasteiger partial charge in [0.1, 0.15) is 0 Å². The first-order chi connectivity index (χ1) is 18.5. The van der Waals surface area contributed by atoms with Crippen LogP contribution in [0.1, 0.15) is 48.6 Å². The number of rotatable bonds is 10. The van der Waals surface area contributed by atoms with Gasteiger partial charge in [-0.2, -0.15) is 0 Å². The molecular formula is C32H32N2O4. The van der Waals surface area contributed by atoms with Gasteiger partial charge in [0.05, 0.1) is 23.4 Å². The van der Waals surface area contributed by atoms with E-state index in [2.05, 4.69) is 46.7 Å². The summed E-state index contributed by atoms with van der Waals surface area (Å²) in [6, 6.07) is 26.5. The molecule has 38 heavy (non-hydrogen) atoms. The quantitative estimate of drug-likeness (QED) is 0.109. The van der Waals surface area contributed by atoms with Crippen molar-refractivity contribution in [3.05, 3.63) is 101 Å². The molecule has 194 valence electrons. The van der Waals surface area contributed by atoms with E-state index in [-0.39, 0.29) is 5.97 Å². The highest BCUT2D eigenvalue weighted by Crippen LogP contribution is 2.49. The summed E-state index contributed by atoms with van der Waals surface area (Å²) < 4.78 is 11.0. The predicted molar refractivity (Wildman–Crippen MR) is 147 cm³/mol. The van der Waals surface area contributed by atoms with E-state index in [9.17, 15) is 10.0 Å². The Morgan fingerprint density at radius 2 is 1.61 bits per heavy atom. The molecular weight excluding hydrogens is 476 g/mol. The molecule has 0 aliphatic heterocycles. The fraction of sp³-hybridized carbons (Fsp3) is 0.281. The lowest BCUT2D eigenvalue weighted by atomic mass is 9.93. The smallest absolute Gasteiger partial charge is 0.316 e. The molecule has 1 aliphatic carbocycles. The summed E-state index contributed by atoms with van der Waals surface area (Å²) in [4.78, 5) is 12.4. The predicted octanol–water partition coefficient (Wildman–Crippen LogP) is 6.92. The number of aryl methyl sites for hydroxylation is 2. The Labute approximate surface area is 222 Å². The third-order valence-electron chi connectivity index (χ3n) is 7.39. The fourth-order valence-corrected chi connectivity index (χ4v) is 4.94. The van der Waals surface area contributed by atoms with Gasteiger partial charge >= 0.3 is 5.97 Å². The molecule has 0 saturated heterocycles. The minimum absolute atomic E-state index is 0.121. The van der Waals surface area contributed by atoms with Gasteiger partial charge in [-0.05, 0) is 61.8 Å². The molecule has 5 rings (SSSR count). The zero-order chi connectivity index (χ0) is 26.5. The van der Waals surface area contributed by atoms with E-state index in [1.807, 2.05) is 56.3 Å². The number of ether oxygens (including phenoxy) is 1. The molecule has 1 saturated carbocycles. The topological polar surface area (TPSA) is 84.9 Å². The molecule has 0 atom stereocenters. The van der Waals surface area contributed by atoms with Crippen LogP contribution in [0.2, 0.25) is 0 Å². The Morgan fingerprint density at radius 3 is 2.21 bits per heavy atom. The van der Waals surface area contributed by atoms with Gasteiger partial charge in [-0.25, -0.2) is 0 Å². The van der Waals surface area contributed by atoms with Crippen molar-refractivity contribution in [3.63, 3.8) is 0 Å². The summed E-state index contributed by atoms with van der Waals surface area (Å²) in [5.41, 5.74) is 7.22. The number of nitrogens with zero attached hydrogens (tertiary/aromatic N) is 2. The Bertz CT molecular complexity index is 1420. The average molecular weight is 509 g/mol. The highest BCUT2D eigenvalue weighted by Gasteiger charge is 2.52. The zero-order valence-corrected chi connectivity index (χ0v) is 21.8. The fourth-order valence-electron chi connectivity index (χ4n) is 4.94. The molecule has 3 aromatic carbocycles. The molecule has 0 bridgehead atoms. The standard InChI is InChI=1S/C32H32N2O4/c1-3-37-31(35)32(19-20-32)27-16-14-25(15-17-27)24-10-12-26(13-11-24)30-29(22(2)34-38-30)21-28(33-36)18-9-23-7-5-4-6-8-23/h4-8,10-17,36H,3,9,18-21H2,1-2H3. The van der Waals surface area contributed by atoms with Crippen molar-refractivity contribution in [2.45, 2.75) is 51.4 Å². The third-order valence-corrected chi connectivity index (χ3v) is 7.39. The van der Waals surface area contributed by atoms with E-state index in [1.54, 1.807) is 0 Å². The van der Waals surface area contributed by atoms with Gasteiger partial charge in [0.2, 0.25) is 0 Å². The molecule has 0 radical (unpaired) electrons. The Kier molecular flexibility index (Phi) is 7.40. The highest BCUT2D eigenvalue weighted by molar-refractivity contribution is 5.88. The van der Waals surface area contributed by atoms with Crippen LogP contribution in [0.25, 0.3) is 22.5 Å². The molecule has 0 spiro atoms. The summed E-state index contributed by atoms with van der Waals surface area (Å²) >= 11 is 0. The normalized spacial score (nSPS) is 14.3. The lowest BCUT2D eigenvalue weighted by Gasteiger charge is -2.14. The molecule has 1 heterocycles. The average Bonchev–Trinajstić information content (AvgIpc) is 3.70. The minimum Gasteiger partial charge on any atom is -0.465 e. The molecule has 0 amide bonds. The molecule has 6 nitrogen and oxygen atoms in total. The monoisotopic (exact) mass is 508 g/mol. The number of benzene rings is 3. The van der Waals surface area contributed by atoms with Crippen LogP contribution >= 0.6 is 0 Å². The summed E-state index contributed by atoms with van der Waals surface area (Å²) in [5, 5.41) is 17.4. The number of hydrogen-bond donors (Lipinski definition) is 1. The molecule has 1 aromatic heterocycles. The zero-order valence-electron chi connectivity index (χ0n) is 21.8. The maximum atomic E-state index is 12.4. The van der Waals surface area contributed by atoms with Gasteiger partial charge in [-0.1, -0.05) is 89.2 Å². The number of esters is 1. The van der Waals surface area contributed by atoms with E-state index in [0.717, 1.165) is 52.8 Å². The number of oxime groups is 1. The van der Waals surface area contributed by atoms with Gasteiger partial charge in [0.15, 0.2) is 5.76 Å². The molecule has 1 N–H and O–H groups in total. The maximum Gasteiger partial charge on any atom is 0.316 e. The van der Waals surface area contributed by atoms with Gasteiger partial charge < -0.3 is 14.5 Å². The van der Waals surface area contributed by atoms with Crippen LogP contribution < -0.4 is 0 Å². The maximum absolute atomic E-state index is 12.4. The summed E-state index contributed by atoms with van der Waals surface area (Å²) in [7, 11) is 0. The van der Waals surface area contributed by atoms with Crippen LogP contribution in [0.15, 0.2) is 88.5 Å². The number of hydrogen-bond acceptors (Lipinski definition) is 6. The van der Waals surface area contributed by atoms with Crippen LogP contribution in [0.3, 0.4) is 0 Å². The Balaban J connectivity index is 1.30. The van der Waals surface area contributed by atoms with Crippen molar-refractivity contribution in [2.75, 3.05) is 6.61 Å². The first-order valence-electron chi connectivity index (χ1n) is 13.1. The van der Waals surface area contributed by atoms with Gasteiger partial charge in [0.25, 0.3) is 0 Å². The van der Waals surface area contributed by atoms with Crippen LogP contribution in [-0.4, -0.2) is 28.7 Å². The SMILES string of the molecule is CCOC(=O)C1(c2ccc(-c3ccc(-c4onc(C)c4CC(CCc4ccccc4)=NO)cc3)cc2)CC1. The Hall–Kier alpha value is -4.19. The molecule has 1 aliphatic rings. The van der Waals surface area contributed by atoms with Crippen molar-refractivity contribution >= 4 is 11.7 Å². The van der Waals surface area contributed by atoms with Crippen molar-refractivity contribution in [1.29, 1.82) is 0 Å². The van der Waals surface area contributed by atoms with E-state index in [0.29, 0.717) is 30.9 Å². The van der Waals surface area contributed by atoms with Crippen molar-refractivity contribution in [2.24, 2.45) is 5.16 Å². The first kappa shape index (κ1) is 25.5. The van der Waals surface area contributed by atoms with Crippen molar-refractivity contribution in [3.8, 4) is 22.5 Å². The second kappa shape index (κ2) is 11.1. The second-order valence-electron chi connectivity index (χ2n) is 9.86. The summed E-state index contributed by atoms with van der Waals surface area (Å²) in [5.74, 6) is 0.570. The largest absolute Gasteiger partial charge is 0.465 e. The molecule has 1 fully saturated rings.